The largest absolute Gasteiger partial charge is 0.361 e. The number of aromatic amines is 1. The van der Waals surface area contributed by atoms with E-state index < -0.39 is 0 Å². The molecule has 0 aliphatic carbocycles. The summed E-state index contributed by atoms with van der Waals surface area (Å²) in [5.41, 5.74) is 6.63. The molecule has 0 bridgehead atoms. The Morgan fingerprint density at radius 2 is 1.62 bits per heavy atom. The van der Waals surface area contributed by atoms with E-state index in [2.05, 4.69) is 51.5 Å². The number of hydrogen-bond donors (Lipinski definition) is 1. The Morgan fingerprint density at radius 3 is 2.41 bits per heavy atom. The molecule has 7 heteroatoms. The molecule has 6 rings (SSSR count). The molecule has 37 heavy (non-hydrogen) atoms. The molecule has 0 aliphatic rings. The molecular formula is C30H27N5OS. The summed E-state index contributed by atoms with van der Waals surface area (Å²) in [7, 11) is 1.90. The van der Waals surface area contributed by atoms with Crippen molar-refractivity contribution >= 4 is 27.9 Å². The number of aromatic nitrogens is 4. The highest BCUT2D eigenvalue weighted by atomic mass is 32.1. The minimum Gasteiger partial charge on any atom is -0.361 e. The maximum atomic E-state index is 13.5. The van der Waals surface area contributed by atoms with E-state index in [1.54, 1.807) is 16.0 Å². The van der Waals surface area contributed by atoms with Gasteiger partial charge >= 0.3 is 0 Å². The van der Waals surface area contributed by atoms with Crippen molar-refractivity contribution in [1.82, 2.24) is 18.9 Å². The van der Waals surface area contributed by atoms with E-state index in [9.17, 15) is 4.79 Å². The highest BCUT2D eigenvalue weighted by molar-refractivity contribution is 7.07. The molecule has 0 aliphatic heterocycles. The maximum absolute atomic E-state index is 13.5. The smallest absolute Gasteiger partial charge is 0.297 e. The second-order valence-electron chi connectivity index (χ2n) is 9.05. The highest BCUT2D eigenvalue weighted by Crippen LogP contribution is 2.23. The Labute approximate surface area is 218 Å². The maximum Gasteiger partial charge on any atom is 0.297 e. The molecule has 3 aromatic heterocycles. The van der Waals surface area contributed by atoms with Crippen molar-refractivity contribution in [1.29, 1.82) is 0 Å². The minimum absolute atomic E-state index is 0.121. The Morgan fingerprint density at radius 1 is 0.919 bits per heavy atom. The number of benzene rings is 3. The van der Waals surface area contributed by atoms with Crippen molar-refractivity contribution in [3.63, 3.8) is 0 Å². The summed E-state index contributed by atoms with van der Waals surface area (Å²) >= 11 is 1.57. The average Bonchev–Trinajstić information content (AvgIpc) is 3.60. The van der Waals surface area contributed by atoms with Crippen LogP contribution in [0.5, 0.6) is 0 Å². The fraction of sp³-hybridized carbons (Fsp3) is 0.133. The highest BCUT2D eigenvalue weighted by Gasteiger charge is 2.17. The van der Waals surface area contributed by atoms with E-state index >= 15 is 0 Å². The SMILES string of the molecule is Cc1c(N=c2scc(-c3ccccc3)n2CCc2c[nH]c3ccccc23)c(=O)n(-c2ccccc2)n1C. The van der Waals surface area contributed by atoms with Gasteiger partial charge in [0.1, 0.15) is 0 Å². The van der Waals surface area contributed by atoms with E-state index in [0.717, 1.165) is 45.9 Å². The lowest BCUT2D eigenvalue weighted by molar-refractivity contribution is 0.630. The normalized spacial score (nSPS) is 12.0. The Bertz CT molecular complexity index is 1820. The zero-order valence-corrected chi connectivity index (χ0v) is 21.6. The van der Waals surface area contributed by atoms with Crippen LogP contribution in [-0.4, -0.2) is 18.9 Å². The Kier molecular flexibility index (Phi) is 5.98. The fourth-order valence-electron chi connectivity index (χ4n) is 4.82. The number of H-pyrrole nitrogens is 1. The van der Waals surface area contributed by atoms with Crippen LogP contribution in [0.25, 0.3) is 27.8 Å². The van der Waals surface area contributed by atoms with E-state index in [1.807, 2.05) is 73.3 Å². The second kappa shape index (κ2) is 9.59. The van der Waals surface area contributed by atoms with Crippen molar-refractivity contribution in [2.24, 2.45) is 12.0 Å². The van der Waals surface area contributed by atoms with Crippen molar-refractivity contribution in [3.05, 3.63) is 123 Å². The number of fused-ring (bicyclic) bond motifs is 1. The molecule has 0 amide bonds. The molecule has 0 atom stereocenters. The molecule has 0 spiro atoms. The third kappa shape index (κ3) is 4.17. The lowest BCUT2D eigenvalue weighted by Crippen LogP contribution is -2.20. The zero-order valence-electron chi connectivity index (χ0n) is 20.8. The lowest BCUT2D eigenvalue weighted by Gasteiger charge is -2.09. The van der Waals surface area contributed by atoms with Crippen molar-refractivity contribution in [2.45, 2.75) is 19.9 Å². The van der Waals surface area contributed by atoms with Crippen LogP contribution in [0.3, 0.4) is 0 Å². The Hall–Kier alpha value is -4.36. The summed E-state index contributed by atoms with van der Waals surface area (Å²) < 4.78 is 5.79. The van der Waals surface area contributed by atoms with Crippen molar-refractivity contribution < 1.29 is 0 Å². The van der Waals surface area contributed by atoms with Crippen LogP contribution < -0.4 is 10.4 Å². The minimum atomic E-state index is -0.121. The van der Waals surface area contributed by atoms with Crippen LogP contribution in [0, 0.1) is 6.92 Å². The number of para-hydroxylation sites is 2. The molecule has 6 aromatic rings. The molecule has 0 radical (unpaired) electrons. The molecule has 3 heterocycles. The van der Waals surface area contributed by atoms with E-state index in [4.69, 9.17) is 4.99 Å². The number of thiazole rings is 1. The molecule has 3 aromatic carbocycles. The molecule has 184 valence electrons. The summed E-state index contributed by atoms with van der Waals surface area (Å²) in [6.07, 6.45) is 2.94. The predicted octanol–water partition coefficient (Wildman–Crippen LogP) is 5.97. The number of rotatable bonds is 6. The molecule has 0 unspecified atom stereocenters. The monoisotopic (exact) mass is 505 g/mol. The topological polar surface area (TPSA) is 60.0 Å². The van der Waals surface area contributed by atoms with Crippen LogP contribution in [0.2, 0.25) is 0 Å². The molecule has 6 nitrogen and oxygen atoms in total. The van der Waals surface area contributed by atoms with Crippen LogP contribution in [0.4, 0.5) is 5.69 Å². The van der Waals surface area contributed by atoms with Crippen molar-refractivity contribution in [2.75, 3.05) is 0 Å². The van der Waals surface area contributed by atoms with Gasteiger partial charge in [-0.15, -0.1) is 11.3 Å². The van der Waals surface area contributed by atoms with Gasteiger partial charge in [-0.1, -0.05) is 66.7 Å². The van der Waals surface area contributed by atoms with Crippen LogP contribution in [0.15, 0.2) is 106 Å². The van der Waals surface area contributed by atoms with Gasteiger partial charge in [-0.3, -0.25) is 9.48 Å². The fourth-order valence-corrected chi connectivity index (χ4v) is 5.76. The summed E-state index contributed by atoms with van der Waals surface area (Å²) in [6.45, 7) is 2.69. The van der Waals surface area contributed by atoms with Gasteiger partial charge in [-0.2, -0.15) is 0 Å². The molecule has 0 saturated carbocycles. The van der Waals surface area contributed by atoms with E-state index in [-0.39, 0.29) is 5.56 Å². The van der Waals surface area contributed by atoms with Gasteiger partial charge in [0.2, 0.25) is 0 Å². The van der Waals surface area contributed by atoms with Crippen LogP contribution >= 0.6 is 11.3 Å². The molecular weight excluding hydrogens is 478 g/mol. The van der Waals surface area contributed by atoms with Gasteiger partial charge in [-0.25, -0.2) is 9.67 Å². The van der Waals surface area contributed by atoms with Gasteiger partial charge in [-0.05, 0) is 42.7 Å². The van der Waals surface area contributed by atoms with Gasteiger partial charge < -0.3 is 9.55 Å². The van der Waals surface area contributed by atoms with E-state index in [0.29, 0.717) is 5.69 Å². The van der Waals surface area contributed by atoms with Gasteiger partial charge in [0.25, 0.3) is 5.56 Å². The quantitative estimate of drug-likeness (QED) is 0.298. The third-order valence-corrected chi connectivity index (χ3v) is 7.74. The predicted molar refractivity (Wildman–Crippen MR) is 151 cm³/mol. The van der Waals surface area contributed by atoms with Gasteiger partial charge in [0.05, 0.1) is 17.1 Å². The average molecular weight is 506 g/mol. The molecule has 1 N–H and O–H groups in total. The first kappa shape index (κ1) is 23.1. The first-order valence-corrected chi connectivity index (χ1v) is 13.2. The van der Waals surface area contributed by atoms with Crippen molar-refractivity contribution in [3.8, 4) is 16.9 Å². The Balaban J connectivity index is 1.47. The summed E-state index contributed by atoms with van der Waals surface area (Å²) in [5, 5.41) is 3.37. The lowest BCUT2D eigenvalue weighted by atomic mass is 10.1. The summed E-state index contributed by atoms with van der Waals surface area (Å²) in [6, 6.07) is 28.4. The zero-order chi connectivity index (χ0) is 25.4. The number of nitrogens with zero attached hydrogens (tertiary/aromatic N) is 4. The first-order chi connectivity index (χ1) is 18.1. The van der Waals surface area contributed by atoms with Gasteiger partial charge in [0.15, 0.2) is 10.5 Å². The molecule has 0 fully saturated rings. The third-order valence-electron chi connectivity index (χ3n) is 6.88. The summed E-state index contributed by atoms with van der Waals surface area (Å²) in [5.74, 6) is 0. The number of nitrogens with one attached hydrogen (secondary N) is 1. The molecule has 0 saturated heterocycles. The summed E-state index contributed by atoms with van der Waals surface area (Å²) in [4.78, 5) is 22.7. The standard InChI is InChI=1S/C30H27N5OS/c1-21-28(29(36)35(33(21)2)24-13-7-4-8-14-24)32-30-34(27(20-37-30)22-11-5-3-6-12-22)18-17-23-19-31-26-16-10-9-15-25(23)26/h3-16,19-20,31H,17-18H2,1-2H3. The van der Waals surface area contributed by atoms with Gasteiger partial charge in [0, 0.05) is 36.1 Å². The number of hydrogen-bond acceptors (Lipinski definition) is 3. The number of aryl methyl sites for hydroxylation is 1. The van der Waals surface area contributed by atoms with Crippen LogP contribution in [0.1, 0.15) is 11.3 Å². The second-order valence-corrected chi connectivity index (χ2v) is 9.89. The van der Waals surface area contributed by atoms with E-state index in [1.165, 1.54) is 10.9 Å². The first-order valence-electron chi connectivity index (χ1n) is 12.3. The van der Waals surface area contributed by atoms with Crippen LogP contribution in [-0.2, 0) is 20.0 Å².